The van der Waals surface area contributed by atoms with Crippen molar-refractivity contribution in [1.29, 1.82) is 0 Å². The number of halogens is 2. The Morgan fingerprint density at radius 2 is 2.00 bits per heavy atom. The molecule has 1 saturated carbocycles. The number of amides is 1. The second kappa shape index (κ2) is 10.0. The largest absolute Gasteiger partial charge is 0.497 e. The number of carbonyl (C=O) groups is 1. The quantitative estimate of drug-likeness (QED) is 0.851. The summed E-state index contributed by atoms with van der Waals surface area (Å²) in [4.78, 5) is 21.0. The first kappa shape index (κ1) is 21.8. The van der Waals surface area contributed by atoms with Crippen molar-refractivity contribution in [3.8, 4) is 5.75 Å². The molecule has 142 valence electrons. The third-order valence-corrected chi connectivity index (χ3v) is 5.06. The second-order valence-corrected chi connectivity index (χ2v) is 6.48. The van der Waals surface area contributed by atoms with Crippen LogP contribution in [0.2, 0.25) is 0 Å². The van der Waals surface area contributed by atoms with E-state index in [4.69, 9.17) is 10.5 Å². The molecule has 0 bridgehead atoms. The molecule has 0 unspecified atom stereocenters. The van der Waals surface area contributed by atoms with E-state index in [9.17, 15) is 4.79 Å². The molecule has 1 aliphatic heterocycles. The van der Waals surface area contributed by atoms with Crippen molar-refractivity contribution in [1.82, 2.24) is 9.88 Å². The van der Waals surface area contributed by atoms with Crippen LogP contribution in [0.15, 0.2) is 18.3 Å². The van der Waals surface area contributed by atoms with Gasteiger partial charge in [0.1, 0.15) is 11.6 Å². The summed E-state index contributed by atoms with van der Waals surface area (Å²) >= 11 is 0. The summed E-state index contributed by atoms with van der Waals surface area (Å²) in [6.45, 7) is 3.12. The van der Waals surface area contributed by atoms with Crippen molar-refractivity contribution in [3.05, 3.63) is 18.3 Å². The van der Waals surface area contributed by atoms with Crippen LogP contribution in [0.25, 0.3) is 0 Å². The van der Waals surface area contributed by atoms with Gasteiger partial charge in [0, 0.05) is 50.9 Å². The maximum Gasteiger partial charge on any atom is 0.223 e. The Morgan fingerprint density at radius 1 is 1.28 bits per heavy atom. The van der Waals surface area contributed by atoms with E-state index in [1.807, 2.05) is 17.0 Å². The Labute approximate surface area is 161 Å². The van der Waals surface area contributed by atoms with Crippen LogP contribution in [-0.2, 0) is 4.79 Å². The topological polar surface area (TPSA) is 71.7 Å². The SMILES string of the molecule is COc1ccnc(N2CCN(C(=O)C[C@@H]3CCC[C@H]3N)CC2)c1.Cl.Cl. The van der Waals surface area contributed by atoms with Crippen LogP contribution in [0.4, 0.5) is 5.82 Å². The van der Waals surface area contributed by atoms with Gasteiger partial charge in [-0.05, 0) is 24.8 Å². The number of hydrogen-bond acceptors (Lipinski definition) is 5. The third kappa shape index (κ3) is 5.36. The molecule has 2 aliphatic rings. The highest BCUT2D eigenvalue weighted by Crippen LogP contribution is 2.27. The molecule has 1 aromatic rings. The van der Waals surface area contributed by atoms with E-state index < -0.39 is 0 Å². The van der Waals surface area contributed by atoms with Crippen molar-refractivity contribution >= 4 is 36.5 Å². The number of methoxy groups -OCH3 is 1. The molecule has 1 aromatic heterocycles. The number of rotatable bonds is 4. The number of carbonyl (C=O) groups excluding carboxylic acids is 1. The summed E-state index contributed by atoms with van der Waals surface area (Å²) in [6.07, 6.45) is 5.69. The van der Waals surface area contributed by atoms with Crippen molar-refractivity contribution < 1.29 is 9.53 Å². The smallest absolute Gasteiger partial charge is 0.223 e. The van der Waals surface area contributed by atoms with E-state index >= 15 is 0 Å². The number of nitrogens with two attached hydrogens (primary N) is 1. The van der Waals surface area contributed by atoms with Gasteiger partial charge in [0.15, 0.2) is 0 Å². The van der Waals surface area contributed by atoms with Gasteiger partial charge in [0.05, 0.1) is 7.11 Å². The van der Waals surface area contributed by atoms with Crippen molar-refractivity contribution in [2.45, 2.75) is 31.7 Å². The highest BCUT2D eigenvalue weighted by Gasteiger charge is 2.29. The van der Waals surface area contributed by atoms with Crippen molar-refractivity contribution in [3.63, 3.8) is 0 Å². The first-order chi connectivity index (χ1) is 11.2. The van der Waals surface area contributed by atoms with Crippen LogP contribution in [0.1, 0.15) is 25.7 Å². The molecule has 2 atom stereocenters. The zero-order valence-corrected chi connectivity index (χ0v) is 16.2. The average molecular weight is 391 g/mol. The molecular weight excluding hydrogens is 363 g/mol. The maximum absolute atomic E-state index is 12.5. The Bertz CT molecular complexity index is 553. The minimum absolute atomic E-state index is 0. The Balaban J connectivity index is 0.00000156. The summed E-state index contributed by atoms with van der Waals surface area (Å²) in [5.74, 6) is 2.35. The van der Waals surface area contributed by atoms with Crippen LogP contribution < -0.4 is 15.4 Å². The molecule has 0 radical (unpaired) electrons. The molecule has 6 nitrogen and oxygen atoms in total. The predicted molar refractivity (Wildman–Crippen MR) is 104 cm³/mol. The highest BCUT2D eigenvalue weighted by molar-refractivity contribution is 5.85. The van der Waals surface area contributed by atoms with Gasteiger partial charge in [-0.25, -0.2) is 4.98 Å². The number of hydrogen-bond donors (Lipinski definition) is 1. The summed E-state index contributed by atoms with van der Waals surface area (Å²) in [7, 11) is 1.66. The lowest BCUT2D eigenvalue weighted by Gasteiger charge is -2.36. The first-order valence-electron chi connectivity index (χ1n) is 8.45. The lowest BCUT2D eigenvalue weighted by atomic mass is 9.99. The van der Waals surface area contributed by atoms with Crippen LogP contribution in [0.5, 0.6) is 5.75 Å². The first-order valence-corrected chi connectivity index (χ1v) is 8.45. The van der Waals surface area contributed by atoms with Gasteiger partial charge >= 0.3 is 0 Å². The van der Waals surface area contributed by atoms with E-state index in [-0.39, 0.29) is 36.8 Å². The zero-order valence-electron chi connectivity index (χ0n) is 14.6. The maximum atomic E-state index is 12.5. The number of pyridine rings is 1. The van der Waals surface area contributed by atoms with Gasteiger partial charge in [0.2, 0.25) is 5.91 Å². The van der Waals surface area contributed by atoms with Crippen LogP contribution in [-0.4, -0.2) is 55.1 Å². The van der Waals surface area contributed by atoms with Gasteiger partial charge < -0.3 is 20.3 Å². The fourth-order valence-corrected chi connectivity index (χ4v) is 3.56. The number of ether oxygens (including phenoxy) is 1. The standard InChI is InChI=1S/C17H26N4O2.2ClH/c1-23-14-5-6-19-16(12-14)20-7-9-21(10-8-20)17(22)11-13-3-2-4-15(13)18;;/h5-6,12-13,15H,2-4,7-11,18H2,1H3;2*1H/t13-,15+;;/m0../s1. The Kier molecular flexibility index (Phi) is 8.76. The molecule has 3 rings (SSSR count). The highest BCUT2D eigenvalue weighted by atomic mass is 35.5. The third-order valence-electron chi connectivity index (χ3n) is 5.06. The Morgan fingerprint density at radius 3 is 2.60 bits per heavy atom. The van der Waals surface area contributed by atoms with Gasteiger partial charge in [-0.15, -0.1) is 24.8 Å². The number of nitrogens with zero attached hydrogens (tertiary/aromatic N) is 3. The van der Waals surface area contributed by atoms with Crippen molar-refractivity contribution in [2.24, 2.45) is 11.7 Å². The molecule has 1 amide bonds. The molecule has 1 aliphatic carbocycles. The van der Waals surface area contributed by atoms with E-state index in [1.165, 1.54) is 0 Å². The molecule has 1 saturated heterocycles. The molecule has 2 fully saturated rings. The van der Waals surface area contributed by atoms with E-state index in [0.717, 1.165) is 57.0 Å². The van der Waals surface area contributed by atoms with Crippen LogP contribution in [0.3, 0.4) is 0 Å². The number of aromatic nitrogens is 1. The lowest BCUT2D eigenvalue weighted by molar-refractivity contribution is -0.132. The molecule has 2 N–H and O–H groups in total. The van der Waals surface area contributed by atoms with E-state index in [2.05, 4.69) is 9.88 Å². The molecule has 0 aromatic carbocycles. The monoisotopic (exact) mass is 390 g/mol. The lowest BCUT2D eigenvalue weighted by Crippen LogP contribution is -2.49. The summed E-state index contributed by atoms with van der Waals surface area (Å²) < 4.78 is 5.25. The second-order valence-electron chi connectivity index (χ2n) is 6.48. The molecule has 0 spiro atoms. The van der Waals surface area contributed by atoms with E-state index in [0.29, 0.717) is 12.3 Å². The summed E-state index contributed by atoms with van der Waals surface area (Å²) in [5.41, 5.74) is 6.08. The summed E-state index contributed by atoms with van der Waals surface area (Å²) in [5, 5.41) is 0. The fraction of sp³-hybridized carbons (Fsp3) is 0.647. The summed E-state index contributed by atoms with van der Waals surface area (Å²) in [6, 6.07) is 3.99. The van der Waals surface area contributed by atoms with Gasteiger partial charge in [0.25, 0.3) is 0 Å². The molecule has 2 heterocycles. The molecule has 25 heavy (non-hydrogen) atoms. The minimum Gasteiger partial charge on any atom is -0.497 e. The molecular formula is C17H28Cl2N4O2. The number of piperazine rings is 1. The van der Waals surface area contributed by atoms with Crippen molar-refractivity contribution in [2.75, 3.05) is 38.2 Å². The number of anilines is 1. The van der Waals surface area contributed by atoms with Gasteiger partial charge in [-0.1, -0.05) is 6.42 Å². The van der Waals surface area contributed by atoms with Gasteiger partial charge in [-0.2, -0.15) is 0 Å². The molecule has 8 heteroatoms. The normalized spacial score (nSPS) is 22.8. The minimum atomic E-state index is 0. The van der Waals surface area contributed by atoms with Gasteiger partial charge in [-0.3, -0.25) is 4.79 Å². The fourth-order valence-electron chi connectivity index (χ4n) is 3.56. The Hall–Kier alpha value is -1.24. The predicted octanol–water partition coefficient (Wildman–Crippen LogP) is 2.10. The zero-order chi connectivity index (χ0) is 16.2. The van der Waals surface area contributed by atoms with Crippen LogP contribution in [0, 0.1) is 5.92 Å². The van der Waals surface area contributed by atoms with E-state index in [1.54, 1.807) is 13.3 Å². The average Bonchev–Trinajstić information content (AvgIpc) is 3.00. The van der Waals surface area contributed by atoms with Crippen LogP contribution >= 0.6 is 24.8 Å².